The van der Waals surface area contributed by atoms with Crippen LogP contribution in [0.2, 0.25) is 0 Å². The lowest BCUT2D eigenvalue weighted by molar-refractivity contribution is -0.384. The van der Waals surface area contributed by atoms with E-state index in [0.29, 0.717) is 16.7 Å². The monoisotopic (exact) mass is 315 g/mol. The van der Waals surface area contributed by atoms with E-state index in [1.54, 1.807) is 6.20 Å². The van der Waals surface area contributed by atoms with Crippen molar-refractivity contribution < 1.29 is 10.0 Å². The second-order valence-corrected chi connectivity index (χ2v) is 5.13. The molecule has 0 spiro atoms. The maximum Gasteiger partial charge on any atom is 0.311 e. The molecule has 0 saturated carbocycles. The first-order valence-electron chi connectivity index (χ1n) is 5.80. The summed E-state index contributed by atoms with van der Waals surface area (Å²) in [5.41, 5.74) is 0.499. The van der Waals surface area contributed by atoms with Crippen LogP contribution in [-0.4, -0.2) is 34.2 Å². The highest BCUT2D eigenvalue weighted by molar-refractivity contribution is 9.10. The van der Waals surface area contributed by atoms with Crippen LogP contribution in [0.25, 0.3) is 0 Å². The third-order valence-electron chi connectivity index (χ3n) is 3.18. The molecule has 1 N–H and O–H groups in total. The van der Waals surface area contributed by atoms with Gasteiger partial charge in [0.25, 0.3) is 0 Å². The van der Waals surface area contributed by atoms with Crippen LogP contribution in [0.5, 0.6) is 0 Å². The lowest BCUT2D eigenvalue weighted by atomic mass is 10.0. The number of halogens is 1. The Balaban J connectivity index is 2.44. The van der Waals surface area contributed by atoms with E-state index in [-0.39, 0.29) is 18.3 Å². The molecule has 2 heterocycles. The lowest BCUT2D eigenvalue weighted by Crippen LogP contribution is -2.42. The summed E-state index contributed by atoms with van der Waals surface area (Å²) in [5, 5.41) is 20.5. The molecular formula is C11H14BrN3O3. The topological polar surface area (TPSA) is 79.5 Å². The zero-order valence-electron chi connectivity index (χ0n) is 9.75. The molecule has 98 valence electrons. The van der Waals surface area contributed by atoms with E-state index in [1.165, 1.54) is 6.20 Å². The minimum absolute atomic E-state index is 0.00587. The largest absolute Gasteiger partial charge is 0.394 e. The summed E-state index contributed by atoms with van der Waals surface area (Å²) in [5.74, 6) is 0. The van der Waals surface area contributed by atoms with Crippen molar-refractivity contribution >= 4 is 27.3 Å². The molecule has 0 aliphatic carbocycles. The van der Waals surface area contributed by atoms with Crippen molar-refractivity contribution in [1.82, 2.24) is 4.98 Å². The molecule has 1 unspecified atom stereocenters. The minimum Gasteiger partial charge on any atom is -0.394 e. The van der Waals surface area contributed by atoms with Crippen LogP contribution in [0.15, 0.2) is 16.9 Å². The Morgan fingerprint density at radius 2 is 2.33 bits per heavy atom. The molecule has 1 aromatic rings. The molecule has 7 heteroatoms. The Bertz CT molecular complexity index is 455. The Morgan fingerprint density at radius 1 is 1.56 bits per heavy atom. The van der Waals surface area contributed by atoms with Crippen LogP contribution in [0.4, 0.5) is 11.4 Å². The van der Waals surface area contributed by atoms with Gasteiger partial charge in [0.2, 0.25) is 0 Å². The second-order valence-electron chi connectivity index (χ2n) is 4.27. The van der Waals surface area contributed by atoms with Crippen molar-refractivity contribution in [2.75, 3.05) is 18.1 Å². The molecule has 1 fully saturated rings. The van der Waals surface area contributed by atoms with Gasteiger partial charge in [-0.25, -0.2) is 0 Å². The van der Waals surface area contributed by atoms with Gasteiger partial charge in [-0.05, 0) is 35.2 Å². The number of nitro groups is 1. The highest BCUT2D eigenvalue weighted by Gasteiger charge is 2.29. The molecule has 1 aromatic heterocycles. The lowest BCUT2D eigenvalue weighted by Gasteiger charge is -2.36. The smallest absolute Gasteiger partial charge is 0.311 e. The summed E-state index contributed by atoms with van der Waals surface area (Å²) in [4.78, 5) is 16.4. The van der Waals surface area contributed by atoms with Crippen molar-refractivity contribution in [2.45, 2.75) is 25.3 Å². The van der Waals surface area contributed by atoms with Gasteiger partial charge in [0.15, 0.2) is 0 Å². The van der Waals surface area contributed by atoms with Gasteiger partial charge >= 0.3 is 5.69 Å². The highest BCUT2D eigenvalue weighted by Crippen LogP contribution is 2.37. The van der Waals surface area contributed by atoms with Gasteiger partial charge in [0.1, 0.15) is 11.9 Å². The summed E-state index contributed by atoms with van der Waals surface area (Å²) < 4.78 is 0.594. The number of rotatable bonds is 3. The van der Waals surface area contributed by atoms with E-state index in [0.717, 1.165) is 19.3 Å². The molecule has 1 saturated heterocycles. The van der Waals surface area contributed by atoms with Crippen LogP contribution in [0.1, 0.15) is 19.3 Å². The van der Waals surface area contributed by atoms with E-state index in [1.807, 2.05) is 4.90 Å². The molecule has 1 aliphatic rings. The van der Waals surface area contributed by atoms with Gasteiger partial charge < -0.3 is 10.0 Å². The molecule has 1 atom stereocenters. The number of nitrogens with zero attached hydrogens (tertiary/aromatic N) is 3. The first-order chi connectivity index (χ1) is 8.65. The van der Waals surface area contributed by atoms with E-state index < -0.39 is 4.92 Å². The third-order valence-corrected chi connectivity index (χ3v) is 3.76. The number of pyridine rings is 1. The highest BCUT2D eigenvalue weighted by atomic mass is 79.9. The Kier molecular flexibility index (Phi) is 4.13. The number of aliphatic hydroxyl groups is 1. The molecular weight excluding hydrogens is 302 g/mol. The Morgan fingerprint density at radius 3 is 3.00 bits per heavy atom. The van der Waals surface area contributed by atoms with Gasteiger partial charge in [0.05, 0.1) is 22.0 Å². The van der Waals surface area contributed by atoms with Crippen molar-refractivity contribution in [3.63, 3.8) is 0 Å². The first-order valence-corrected chi connectivity index (χ1v) is 6.60. The van der Waals surface area contributed by atoms with Crippen LogP contribution < -0.4 is 4.90 Å². The fourth-order valence-corrected chi connectivity index (χ4v) is 2.87. The molecule has 0 bridgehead atoms. The number of hydrogen-bond acceptors (Lipinski definition) is 5. The SMILES string of the molecule is O=[N+]([O-])c1cncc(Br)c1N1CCCCC1CO. The maximum atomic E-state index is 11.1. The van der Waals surface area contributed by atoms with Gasteiger partial charge in [-0.15, -0.1) is 0 Å². The van der Waals surface area contributed by atoms with E-state index >= 15 is 0 Å². The van der Waals surface area contributed by atoms with Crippen LogP contribution >= 0.6 is 15.9 Å². The zero-order chi connectivity index (χ0) is 13.1. The molecule has 2 rings (SSSR count). The van der Waals surface area contributed by atoms with Crippen molar-refractivity contribution in [3.05, 3.63) is 27.0 Å². The Hall–Kier alpha value is -1.21. The molecule has 0 aromatic carbocycles. The standard InChI is InChI=1S/C11H14BrN3O3/c12-9-5-13-6-10(15(17)18)11(9)14-4-2-1-3-8(14)7-16/h5-6,8,16H,1-4,7H2. The number of anilines is 1. The number of hydrogen-bond donors (Lipinski definition) is 1. The quantitative estimate of drug-likeness (QED) is 0.682. The van der Waals surface area contributed by atoms with Crippen LogP contribution in [0.3, 0.4) is 0 Å². The van der Waals surface area contributed by atoms with Gasteiger partial charge in [0, 0.05) is 12.7 Å². The predicted octanol–water partition coefficient (Wildman–Crippen LogP) is 2.10. The summed E-state index contributed by atoms with van der Waals surface area (Å²) in [7, 11) is 0. The molecule has 0 radical (unpaired) electrons. The van der Waals surface area contributed by atoms with Gasteiger partial charge in [-0.2, -0.15) is 0 Å². The summed E-state index contributed by atoms with van der Waals surface area (Å²) in [6.07, 6.45) is 5.66. The first kappa shape index (κ1) is 13.2. The van der Waals surface area contributed by atoms with Crippen LogP contribution in [0, 0.1) is 10.1 Å². The second kappa shape index (κ2) is 5.62. The number of aliphatic hydroxyl groups excluding tert-OH is 1. The maximum absolute atomic E-state index is 11.1. The fourth-order valence-electron chi connectivity index (χ4n) is 2.32. The molecule has 0 amide bonds. The normalized spacial score (nSPS) is 19.9. The van der Waals surface area contributed by atoms with E-state index in [4.69, 9.17) is 0 Å². The van der Waals surface area contributed by atoms with Crippen molar-refractivity contribution in [2.24, 2.45) is 0 Å². The van der Waals surface area contributed by atoms with Gasteiger partial charge in [-0.1, -0.05) is 0 Å². The summed E-state index contributed by atoms with van der Waals surface area (Å²) in [6, 6.07) is -0.0591. The Labute approximate surface area is 113 Å². The van der Waals surface area contributed by atoms with E-state index in [2.05, 4.69) is 20.9 Å². The average molecular weight is 316 g/mol. The number of aromatic nitrogens is 1. The zero-order valence-corrected chi connectivity index (χ0v) is 11.3. The molecule has 1 aliphatic heterocycles. The van der Waals surface area contributed by atoms with Crippen molar-refractivity contribution in [1.29, 1.82) is 0 Å². The molecule has 18 heavy (non-hydrogen) atoms. The van der Waals surface area contributed by atoms with Crippen LogP contribution in [-0.2, 0) is 0 Å². The summed E-state index contributed by atoms with van der Waals surface area (Å²) >= 11 is 3.32. The van der Waals surface area contributed by atoms with Crippen molar-refractivity contribution in [3.8, 4) is 0 Å². The average Bonchev–Trinajstić information content (AvgIpc) is 2.38. The minimum atomic E-state index is -0.434. The molecule has 6 nitrogen and oxygen atoms in total. The summed E-state index contributed by atoms with van der Waals surface area (Å²) in [6.45, 7) is 0.723. The van der Waals surface area contributed by atoms with E-state index in [9.17, 15) is 15.2 Å². The third kappa shape index (κ3) is 2.46. The van der Waals surface area contributed by atoms with Gasteiger partial charge in [-0.3, -0.25) is 15.1 Å². The fraction of sp³-hybridized carbons (Fsp3) is 0.545. The number of piperidine rings is 1. The predicted molar refractivity (Wildman–Crippen MR) is 70.7 cm³/mol.